The van der Waals surface area contributed by atoms with E-state index in [4.69, 9.17) is 11.8 Å². The van der Waals surface area contributed by atoms with Gasteiger partial charge in [0, 0.05) is 22.0 Å². The fourth-order valence-corrected chi connectivity index (χ4v) is 12.3. The van der Waals surface area contributed by atoms with Crippen LogP contribution in [0, 0.1) is 0 Å². The first-order valence-corrected chi connectivity index (χ1v) is 14.5. The first-order chi connectivity index (χ1) is 15.7. The molecular weight excluding hydrogens is 423 g/mol. The highest BCUT2D eigenvalue weighted by molar-refractivity contribution is 8.26. The van der Waals surface area contributed by atoms with E-state index in [0.717, 1.165) is 25.7 Å². The molecule has 0 saturated carbocycles. The van der Waals surface area contributed by atoms with Crippen LogP contribution in [-0.2, 0) is 37.5 Å². The predicted octanol–water partition coefficient (Wildman–Crippen LogP) is 5.91. The largest absolute Gasteiger partial charge is 0.0825 e. The van der Waals surface area contributed by atoms with Gasteiger partial charge in [0.25, 0.3) is 0 Å². The quantitative estimate of drug-likeness (QED) is 0.263. The zero-order chi connectivity index (χ0) is 20.8. The summed E-state index contributed by atoms with van der Waals surface area (Å²) >= 11 is 6.95. The van der Waals surface area contributed by atoms with E-state index in [0.29, 0.717) is 0 Å². The minimum atomic E-state index is -2.14. The molecule has 0 saturated heterocycles. The molecule has 9 rings (SSSR count). The van der Waals surface area contributed by atoms with Crippen LogP contribution in [-0.4, -0.2) is 0 Å². The maximum absolute atomic E-state index is 6.95. The van der Waals surface area contributed by atoms with Crippen LogP contribution in [0.5, 0.6) is 0 Å². The van der Waals surface area contributed by atoms with Gasteiger partial charge in [-0.25, -0.2) is 0 Å². The third-order valence-electron chi connectivity index (χ3n) is 8.56. The van der Waals surface area contributed by atoms with Gasteiger partial charge in [-0.1, -0.05) is 78.5 Å². The summed E-state index contributed by atoms with van der Waals surface area (Å²) in [4.78, 5) is 0. The Bertz CT molecular complexity index is 1660. The molecule has 150 valence electrons. The molecule has 0 amide bonds. The van der Waals surface area contributed by atoms with Crippen molar-refractivity contribution in [1.82, 2.24) is 0 Å². The van der Waals surface area contributed by atoms with Gasteiger partial charge < -0.3 is 0 Å². The lowest BCUT2D eigenvalue weighted by Crippen LogP contribution is -2.34. The number of hydrogen-bond acceptors (Lipinski definition) is 1. The molecule has 0 unspecified atom stereocenters. The highest BCUT2D eigenvalue weighted by Gasteiger charge is 2.42. The normalized spacial score (nSPS) is 17.2. The van der Waals surface area contributed by atoms with Gasteiger partial charge in [0.1, 0.15) is 0 Å². The molecule has 0 fully saturated rings. The van der Waals surface area contributed by atoms with Crippen molar-refractivity contribution < 1.29 is 0 Å². The van der Waals surface area contributed by atoms with Crippen molar-refractivity contribution >= 4 is 55.3 Å². The molecular formula is C30H19PS. The highest BCUT2D eigenvalue weighted by Crippen LogP contribution is 2.59. The second-order valence-corrected chi connectivity index (χ2v) is 14.1. The summed E-state index contributed by atoms with van der Waals surface area (Å²) in [5, 5.41) is 10.3. The van der Waals surface area contributed by atoms with Crippen molar-refractivity contribution in [2.45, 2.75) is 25.7 Å². The average Bonchev–Trinajstić information content (AvgIpc) is 3.45. The summed E-state index contributed by atoms with van der Waals surface area (Å²) in [5.74, 6) is 0. The summed E-state index contributed by atoms with van der Waals surface area (Å²) in [6, 6.07) is 24.0. The lowest BCUT2D eigenvalue weighted by atomic mass is 9.90. The lowest BCUT2D eigenvalue weighted by Gasteiger charge is -2.38. The molecule has 2 heteroatoms. The molecule has 0 bridgehead atoms. The maximum atomic E-state index is 6.95. The van der Waals surface area contributed by atoms with Crippen molar-refractivity contribution in [3.8, 4) is 22.3 Å². The zero-order valence-electron chi connectivity index (χ0n) is 17.5. The van der Waals surface area contributed by atoms with Crippen molar-refractivity contribution in [2.24, 2.45) is 0 Å². The Kier molecular flexibility index (Phi) is 2.76. The van der Waals surface area contributed by atoms with Crippen LogP contribution in [0.4, 0.5) is 0 Å². The van der Waals surface area contributed by atoms with E-state index in [-0.39, 0.29) is 0 Å². The second kappa shape index (κ2) is 5.25. The van der Waals surface area contributed by atoms with E-state index < -0.39 is 6.04 Å². The number of fused-ring (bicyclic) bond motifs is 4. The van der Waals surface area contributed by atoms with Crippen molar-refractivity contribution in [1.29, 1.82) is 0 Å². The van der Waals surface area contributed by atoms with Gasteiger partial charge in [-0.15, -0.1) is 0 Å². The number of benzene rings is 5. The van der Waals surface area contributed by atoms with Gasteiger partial charge in [-0.2, -0.15) is 0 Å². The number of aryl methyl sites for hydroxylation is 4. The fraction of sp³-hybridized carbons (Fsp3) is 0.133. The Morgan fingerprint density at radius 1 is 0.469 bits per heavy atom. The van der Waals surface area contributed by atoms with E-state index in [1.807, 2.05) is 0 Å². The van der Waals surface area contributed by atoms with Gasteiger partial charge >= 0.3 is 0 Å². The van der Waals surface area contributed by atoms with Crippen molar-refractivity contribution in [2.75, 3.05) is 0 Å². The Balaban J connectivity index is 1.59. The van der Waals surface area contributed by atoms with Crippen molar-refractivity contribution in [3.63, 3.8) is 0 Å². The molecule has 0 radical (unpaired) electrons. The zero-order valence-corrected chi connectivity index (χ0v) is 19.2. The molecule has 2 aliphatic carbocycles. The predicted molar refractivity (Wildman–Crippen MR) is 140 cm³/mol. The maximum Gasteiger partial charge on any atom is 0.0404 e. The Labute approximate surface area is 191 Å². The van der Waals surface area contributed by atoms with Crippen molar-refractivity contribution in [3.05, 3.63) is 89.0 Å². The van der Waals surface area contributed by atoms with Gasteiger partial charge in [-0.3, -0.25) is 0 Å². The van der Waals surface area contributed by atoms with Gasteiger partial charge in [-0.05, 0) is 91.7 Å². The second-order valence-electron chi connectivity index (χ2n) is 9.84. The SMILES string of the molecule is S=P12c3c(cccc3-c3ccc4c5c(ccc1c35)CC4)-c1ccc3c4c(ccc2c14)CC3. The molecule has 0 aromatic heterocycles. The molecule has 0 atom stereocenters. The molecule has 0 spiro atoms. The Morgan fingerprint density at radius 2 is 0.906 bits per heavy atom. The molecule has 5 aromatic carbocycles. The monoisotopic (exact) mass is 442 g/mol. The topological polar surface area (TPSA) is 0 Å². The van der Waals surface area contributed by atoms with Crippen LogP contribution >= 0.6 is 6.04 Å². The average molecular weight is 443 g/mol. The van der Waals surface area contributed by atoms with Crippen LogP contribution < -0.4 is 15.9 Å². The van der Waals surface area contributed by atoms with E-state index in [9.17, 15) is 0 Å². The summed E-state index contributed by atoms with van der Waals surface area (Å²) in [6.07, 6.45) is 4.65. The van der Waals surface area contributed by atoms with Crippen LogP contribution in [0.1, 0.15) is 22.3 Å². The summed E-state index contributed by atoms with van der Waals surface area (Å²) in [6.45, 7) is 0. The fourth-order valence-electron chi connectivity index (χ4n) is 7.28. The van der Waals surface area contributed by atoms with Crippen LogP contribution in [0.15, 0.2) is 66.7 Å². The minimum Gasteiger partial charge on any atom is -0.0825 e. The molecule has 2 aliphatic heterocycles. The van der Waals surface area contributed by atoms with E-state index in [1.165, 1.54) is 82.0 Å². The number of hydrogen-bond donors (Lipinski definition) is 0. The van der Waals surface area contributed by atoms with Crippen LogP contribution in [0.25, 0.3) is 43.8 Å². The van der Waals surface area contributed by atoms with Crippen LogP contribution in [0.2, 0.25) is 0 Å². The van der Waals surface area contributed by atoms with Gasteiger partial charge in [0.05, 0.1) is 0 Å². The van der Waals surface area contributed by atoms with Gasteiger partial charge in [0.2, 0.25) is 0 Å². The van der Waals surface area contributed by atoms with Gasteiger partial charge in [0.15, 0.2) is 0 Å². The Hall–Kier alpha value is -2.73. The minimum absolute atomic E-state index is 1.16. The molecule has 2 heterocycles. The van der Waals surface area contributed by atoms with E-state index in [2.05, 4.69) is 66.7 Å². The summed E-state index contributed by atoms with van der Waals surface area (Å²) in [5.41, 5.74) is 11.6. The Morgan fingerprint density at radius 3 is 1.38 bits per heavy atom. The molecule has 0 nitrogen and oxygen atoms in total. The van der Waals surface area contributed by atoms with E-state index >= 15 is 0 Å². The number of rotatable bonds is 0. The van der Waals surface area contributed by atoms with Crippen LogP contribution in [0.3, 0.4) is 0 Å². The third kappa shape index (κ3) is 1.64. The lowest BCUT2D eigenvalue weighted by molar-refractivity contribution is 1.02. The first kappa shape index (κ1) is 16.8. The molecule has 0 N–H and O–H groups in total. The molecule has 32 heavy (non-hydrogen) atoms. The standard InChI is InChI=1S/C30H19PS/c32-31-24-14-10-18-6-4-16-8-12-20(28(24)26(16)18)22-2-1-3-23(30(22)31)21-13-9-17-5-7-19-11-15-25(31)29(21)27(17)19/h1-3,8-15H,4-7H2. The smallest absolute Gasteiger partial charge is 0.0404 e. The molecule has 5 aromatic rings. The summed E-state index contributed by atoms with van der Waals surface area (Å²) < 4.78 is 0. The molecule has 4 aliphatic rings. The van der Waals surface area contributed by atoms with E-state index in [1.54, 1.807) is 0 Å². The highest BCUT2D eigenvalue weighted by atomic mass is 32.4. The first-order valence-electron chi connectivity index (χ1n) is 11.7. The third-order valence-corrected chi connectivity index (χ3v) is 13.5. The summed E-state index contributed by atoms with van der Waals surface area (Å²) in [7, 11) is 0.